The summed E-state index contributed by atoms with van der Waals surface area (Å²) in [5, 5.41) is 1.04. The van der Waals surface area contributed by atoms with E-state index in [0.29, 0.717) is 41.1 Å². The Hall–Kier alpha value is -4.04. The van der Waals surface area contributed by atoms with E-state index in [9.17, 15) is 14.0 Å². The lowest BCUT2D eigenvalue weighted by atomic mass is 9.76. The molecule has 5 aromatic rings. The van der Waals surface area contributed by atoms with Crippen molar-refractivity contribution in [3.05, 3.63) is 135 Å². The van der Waals surface area contributed by atoms with Gasteiger partial charge in [-0.3, -0.25) is 9.59 Å². The largest absolute Gasteiger partial charge is 0.338 e. The number of imidazole rings is 1. The molecule has 52 heavy (non-hydrogen) atoms. The van der Waals surface area contributed by atoms with Crippen molar-refractivity contribution in [2.75, 3.05) is 32.7 Å². The monoisotopic (exact) mass is 738 g/mol. The highest BCUT2D eigenvalue weighted by molar-refractivity contribution is 6.42. The van der Waals surface area contributed by atoms with Crippen LogP contribution < -0.4 is 0 Å². The zero-order chi connectivity index (χ0) is 36.6. The van der Waals surface area contributed by atoms with Crippen LogP contribution in [0.3, 0.4) is 0 Å². The number of nitrogens with zero attached hydrogens (tertiary/aromatic N) is 4. The average Bonchev–Trinajstić information content (AvgIpc) is 3.75. The molecule has 6 nitrogen and oxygen atoms in total. The Balaban J connectivity index is 1.04. The van der Waals surface area contributed by atoms with Crippen molar-refractivity contribution in [3.63, 3.8) is 0 Å². The number of piperidine rings is 1. The van der Waals surface area contributed by atoms with Gasteiger partial charge in [0.25, 0.3) is 5.91 Å². The van der Waals surface area contributed by atoms with E-state index in [1.807, 2.05) is 58.0 Å². The number of hydrogen-bond acceptors (Lipinski definition) is 4. The van der Waals surface area contributed by atoms with Gasteiger partial charge in [0.15, 0.2) is 5.82 Å². The van der Waals surface area contributed by atoms with Crippen LogP contribution in [0.4, 0.5) is 4.39 Å². The van der Waals surface area contributed by atoms with Gasteiger partial charge in [0, 0.05) is 36.5 Å². The third-order valence-electron chi connectivity index (χ3n) is 11.2. The molecule has 3 heterocycles. The van der Waals surface area contributed by atoms with Crippen molar-refractivity contribution in [1.82, 2.24) is 19.4 Å². The fourth-order valence-electron chi connectivity index (χ4n) is 7.92. The molecule has 0 saturated carbocycles. The number of halogens is 3. The molecule has 0 radical (unpaired) electrons. The predicted molar refractivity (Wildman–Crippen MR) is 207 cm³/mol. The molecular formula is C43H45Cl2FN4O2. The van der Waals surface area contributed by atoms with Gasteiger partial charge in [0.1, 0.15) is 5.82 Å². The van der Waals surface area contributed by atoms with Crippen LogP contribution in [0.15, 0.2) is 91.0 Å². The molecule has 1 unspecified atom stereocenters. The molecule has 0 spiro atoms. The van der Waals surface area contributed by atoms with Gasteiger partial charge in [-0.25, -0.2) is 9.37 Å². The molecule has 1 atom stereocenters. The van der Waals surface area contributed by atoms with E-state index in [2.05, 4.69) is 43.9 Å². The molecule has 1 amide bonds. The van der Waals surface area contributed by atoms with Crippen molar-refractivity contribution >= 4 is 45.9 Å². The smallest absolute Gasteiger partial charge is 0.253 e. The molecule has 2 aliphatic heterocycles. The highest BCUT2D eigenvalue weighted by atomic mass is 35.5. The number of carbonyl (C=O) groups excluding carboxylic acids is 2. The van der Waals surface area contributed by atoms with Crippen LogP contribution in [0.5, 0.6) is 0 Å². The summed E-state index contributed by atoms with van der Waals surface area (Å²) in [6, 6.07) is 28.1. The molecule has 1 aromatic heterocycles. The van der Waals surface area contributed by atoms with Gasteiger partial charge in [-0.05, 0) is 116 Å². The second-order valence-electron chi connectivity index (χ2n) is 15.6. The van der Waals surface area contributed by atoms with Gasteiger partial charge in [-0.1, -0.05) is 86.4 Å². The number of amides is 1. The first-order chi connectivity index (χ1) is 24.9. The van der Waals surface area contributed by atoms with Crippen molar-refractivity contribution in [2.24, 2.45) is 5.92 Å². The maximum absolute atomic E-state index is 14.1. The number of hydrogen-bond donors (Lipinski definition) is 0. The van der Waals surface area contributed by atoms with Crippen LogP contribution in [0.2, 0.25) is 10.0 Å². The van der Waals surface area contributed by atoms with Crippen LogP contribution in [0.25, 0.3) is 11.0 Å². The molecule has 270 valence electrons. The van der Waals surface area contributed by atoms with E-state index in [-0.39, 0.29) is 34.3 Å². The Bertz CT molecular complexity index is 2080. The lowest BCUT2D eigenvalue weighted by Crippen LogP contribution is -2.41. The fraction of sp³-hybridized carbons (Fsp3) is 0.372. The van der Waals surface area contributed by atoms with Crippen molar-refractivity contribution < 1.29 is 14.0 Å². The molecule has 2 fully saturated rings. The molecule has 7 rings (SSSR count). The first-order valence-corrected chi connectivity index (χ1v) is 19.0. The molecule has 2 aliphatic rings. The molecule has 0 N–H and O–H groups in total. The SMILES string of the molecule is CC(C)(C)c1ccc(C(=O)N2CCC(CCN3CCC(C(=O)c4nc5ccccc5n4Cc4ccc(F)cc4)CC3)(c3ccc(Cl)c(Cl)c3)C2)cc1. The maximum Gasteiger partial charge on any atom is 0.253 e. The van der Waals surface area contributed by atoms with Gasteiger partial charge in [-0.15, -0.1) is 0 Å². The van der Waals surface area contributed by atoms with E-state index in [4.69, 9.17) is 28.2 Å². The molecule has 0 aliphatic carbocycles. The van der Waals surface area contributed by atoms with Gasteiger partial charge >= 0.3 is 0 Å². The van der Waals surface area contributed by atoms with Gasteiger partial charge in [0.05, 0.1) is 21.1 Å². The van der Waals surface area contributed by atoms with Crippen LogP contribution in [0, 0.1) is 11.7 Å². The summed E-state index contributed by atoms with van der Waals surface area (Å²) in [7, 11) is 0. The van der Waals surface area contributed by atoms with Crippen LogP contribution in [-0.2, 0) is 17.4 Å². The van der Waals surface area contributed by atoms with Gasteiger partial charge in [0.2, 0.25) is 5.78 Å². The van der Waals surface area contributed by atoms with E-state index in [1.54, 1.807) is 12.1 Å². The summed E-state index contributed by atoms with van der Waals surface area (Å²) < 4.78 is 15.6. The summed E-state index contributed by atoms with van der Waals surface area (Å²) in [6.45, 7) is 10.7. The number of benzene rings is 4. The van der Waals surface area contributed by atoms with Crippen molar-refractivity contribution in [2.45, 2.75) is 63.8 Å². The number of Topliss-reactive ketones (excluding diaryl/α,β-unsaturated/α-hetero) is 1. The fourth-order valence-corrected chi connectivity index (χ4v) is 8.22. The summed E-state index contributed by atoms with van der Waals surface area (Å²) in [5.41, 5.74) is 5.34. The minimum absolute atomic E-state index is 0.0159. The zero-order valence-electron chi connectivity index (χ0n) is 30.0. The van der Waals surface area contributed by atoms with Crippen molar-refractivity contribution in [3.8, 4) is 0 Å². The number of ketones is 1. The standard InChI is InChI=1S/C43H45Cl2FN4O2/c1-42(2,3)32-12-10-31(11-13-32)41(52)49-25-21-43(28-49,33-14-17-35(44)36(45)26-33)20-24-48-22-18-30(19-23-48)39(51)40-47-37-6-4-5-7-38(37)50(40)27-29-8-15-34(46)16-9-29/h4-17,26,30H,18-25,27-28H2,1-3H3. The minimum Gasteiger partial charge on any atom is -0.338 e. The first kappa shape index (κ1) is 36.3. The number of aromatic nitrogens is 2. The number of carbonyl (C=O) groups is 2. The van der Waals surface area contributed by atoms with Crippen molar-refractivity contribution in [1.29, 1.82) is 0 Å². The second kappa shape index (κ2) is 14.8. The number of para-hydroxylation sites is 2. The highest BCUT2D eigenvalue weighted by Crippen LogP contribution is 2.41. The van der Waals surface area contributed by atoms with E-state index < -0.39 is 0 Å². The topological polar surface area (TPSA) is 58.4 Å². The second-order valence-corrected chi connectivity index (χ2v) is 16.4. The highest BCUT2D eigenvalue weighted by Gasteiger charge is 2.42. The molecular weight excluding hydrogens is 694 g/mol. The Morgan fingerprint density at radius 3 is 2.29 bits per heavy atom. The summed E-state index contributed by atoms with van der Waals surface area (Å²) >= 11 is 12.9. The third-order valence-corrected chi connectivity index (χ3v) is 11.9. The van der Waals surface area contributed by atoms with E-state index in [0.717, 1.165) is 67.5 Å². The predicted octanol–water partition coefficient (Wildman–Crippen LogP) is 9.60. The van der Waals surface area contributed by atoms with Crippen LogP contribution in [0.1, 0.15) is 84.1 Å². The van der Waals surface area contributed by atoms with E-state index >= 15 is 0 Å². The first-order valence-electron chi connectivity index (χ1n) is 18.2. The quantitative estimate of drug-likeness (QED) is 0.141. The molecule has 0 bridgehead atoms. The third kappa shape index (κ3) is 7.55. The van der Waals surface area contributed by atoms with Crippen LogP contribution >= 0.6 is 23.2 Å². The van der Waals surface area contributed by atoms with Crippen LogP contribution in [-0.4, -0.2) is 63.8 Å². The lowest BCUT2D eigenvalue weighted by molar-refractivity contribution is 0.0778. The molecule has 4 aromatic carbocycles. The summed E-state index contributed by atoms with van der Waals surface area (Å²) in [5.74, 6) is 0.156. The lowest BCUT2D eigenvalue weighted by Gasteiger charge is -2.36. The summed E-state index contributed by atoms with van der Waals surface area (Å²) in [6.07, 6.45) is 3.17. The Kier molecular flexibility index (Phi) is 10.3. The maximum atomic E-state index is 14.1. The van der Waals surface area contributed by atoms with Gasteiger partial charge in [-0.2, -0.15) is 0 Å². The molecule has 2 saturated heterocycles. The Morgan fingerprint density at radius 1 is 0.885 bits per heavy atom. The zero-order valence-corrected chi connectivity index (χ0v) is 31.6. The number of fused-ring (bicyclic) bond motifs is 1. The minimum atomic E-state index is -0.286. The summed E-state index contributed by atoms with van der Waals surface area (Å²) in [4.78, 5) is 37.1. The molecule has 9 heteroatoms. The van der Waals surface area contributed by atoms with Gasteiger partial charge < -0.3 is 14.4 Å². The number of likely N-dealkylation sites (tertiary alicyclic amines) is 2. The average molecular weight is 740 g/mol. The number of rotatable bonds is 9. The van der Waals surface area contributed by atoms with E-state index in [1.165, 1.54) is 17.7 Å². The Labute approximate surface area is 315 Å². The Morgan fingerprint density at radius 2 is 1.60 bits per heavy atom. The normalized spacial score (nSPS) is 18.7.